The van der Waals surface area contributed by atoms with Crippen molar-refractivity contribution in [1.29, 1.82) is 0 Å². The molecule has 0 saturated carbocycles. The molecule has 0 aliphatic carbocycles. The first-order chi connectivity index (χ1) is 11.4. The minimum Gasteiger partial charge on any atom is -0.492 e. The van der Waals surface area contributed by atoms with Crippen LogP contribution in [0, 0.1) is 0 Å². The number of benzene rings is 2. The molecule has 2 nitrogen and oxygen atoms in total. The van der Waals surface area contributed by atoms with Gasteiger partial charge >= 0.3 is 0 Å². The van der Waals surface area contributed by atoms with Crippen LogP contribution >= 0.6 is 95.6 Å². The quantitative estimate of drug-likeness (QED) is 0.212. The second-order valence-corrected chi connectivity index (χ2v) is 9.63. The van der Waals surface area contributed by atoms with E-state index in [9.17, 15) is 0 Å². The summed E-state index contributed by atoms with van der Waals surface area (Å²) in [5, 5.41) is 0. The van der Waals surface area contributed by atoms with Crippen molar-refractivity contribution in [1.82, 2.24) is 0 Å². The molecule has 0 radical (unpaired) electrons. The van der Waals surface area contributed by atoms with E-state index in [0.717, 1.165) is 51.2 Å². The van der Waals surface area contributed by atoms with Crippen LogP contribution in [0.3, 0.4) is 0 Å². The lowest BCUT2D eigenvalue weighted by Gasteiger charge is -2.12. The van der Waals surface area contributed by atoms with Crippen LogP contribution in [0.25, 0.3) is 0 Å². The minimum absolute atomic E-state index is 0.640. The fraction of sp³-hybridized carbons (Fsp3) is 0.250. The molecular weight excluding hydrogens is 704 g/mol. The molecule has 2 aromatic carbocycles. The fourth-order valence-corrected chi connectivity index (χ4v) is 4.58. The maximum Gasteiger partial charge on any atom is 0.134 e. The Morgan fingerprint density at radius 2 is 0.917 bits per heavy atom. The zero-order valence-corrected chi connectivity index (χ0v) is 21.7. The van der Waals surface area contributed by atoms with Crippen molar-refractivity contribution in [3.63, 3.8) is 0 Å². The molecule has 0 saturated heterocycles. The number of halogens is 6. The van der Waals surface area contributed by atoms with Crippen molar-refractivity contribution in [2.24, 2.45) is 0 Å². The van der Waals surface area contributed by atoms with E-state index in [1.54, 1.807) is 0 Å². The Morgan fingerprint density at radius 1 is 0.542 bits per heavy atom. The summed E-state index contributed by atoms with van der Waals surface area (Å²) in [7, 11) is 0. The average Bonchev–Trinajstić information content (AvgIpc) is 2.57. The van der Waals surface area contributed by atoms with Crippen LogP contribution < -0.4 is 9.47 Å². The highest BCUT2D eigenvalue weighted by Gasteiger charge is 2.09. The first-order valence-corrected chi connectivity index (χ1v) is 11.7. The number of unbranched alkanes of at least 4 members (excludes halogenated alkanes) is 1. The van der Waals surface area contributed by atoms with Gasteiger partial charge in [0.05, 0.1) is 22.2 Å². The molecule has 8 heteroatoms. The van der Waals surface area contributed by atoms with Crippen LogP contribution in [0.2, 0.25) is 0 Å². The summed E-state index contributed by atoms with van der Waals surface area (Å²) in [5.41, 5.74) is 0. The van der Waals surface area contributed by atoms with Crippen LogP contribution in [-0.4, -0.2) is 13.2 Å². The van der Waals surface area contributed by atoms with E-state index in [-0.39, 0.29) is 0 Å². The number of hydrogen-bond acceptors (Lipinski definition) is 2. The molecule has 0 atom stereocenters. The van der Waals surface area contributed by atoms with Gasteiger partial charge < -0.3 is 9.47 Å². The molecule has 0 fully saturated rings. The van der Waals surface area contributed by atoms with E-state index < -0.39 is 0 Å². The molecule has 0 bridgehead atoms. The van der Waals surface area contributed by atoms with Gasteiger partial charge in [-0.25, -0.2) is 0 Å². The zero-order chi connectivity index (χ0) is 17.7. The Morgan fingerprint density at radius 3 is 1.29 bits per heavy atom. The van der Waals surface area contributed by atoms with Crippen LogP contribution in [0.1, 0.15) is 12.8 Å². The molecule has 24 heavy (non-hydrogen) atoms. The van der Waals surface area contributed by atoms with Gasteiger partial charge in [-0.15, -0.1) is 0 Å². The van der Waals surface area contributed by atoms with Crippen LogP contribution in [0.5, 0.6) is 11.5 Å². The third-order valence-corrected chi connectivity index (χ3v) is 9.73. The Labute approximate surface area is 191 Å². The summed E-state index contributed by atoms with van der Waals surface area (Å²) < 4.78 is 17.3. The van der Waals surface area contributed by atoms with Crippen molar-refractivity contribution in [3.05, 3.63) is 51.1 Å². The SMILES string of the molecule is Brc1ccc(OCCCCOc2ccc(Br)c(Br)c2Br)c(Br)c1Br. The number of hydrogen-bond donors (Lipinski definition) is 0. The van der Waals surface area contributed by atoms with Crippen LogP contribution in [0.4, 0.5) is 0 Å². The number of ether oxygens (including phenoxy) is 2. The van der Waals surface area contributed by atoms with Gasteiger partial charge in [0.25, 0.3) is 0 Å². The maximum atomic E-state index is 5.81. The molecule has 2 rings (SSSR count). The van der Waals surface area contributed by atoms with E-state index in [0.29, 0.717) is 13.2 Å². The highest BCUT2D eigenvalue weighted by Crippen LogP contribution is 2.38. The summed E-state index contributed by atoms with van der Waals surface area (Å²) >= 11 is 21.0. The number of rotatable bonds is 7. The van der Waals surface area contributed by atoms with Gasteiger partial charge in [0.15, 0.2) is 0 Å². The van der Waals surface area contributed by atoms with E-state index in [1.807, 2.05) is 24.3 Å². The molecule has 2 aromatic rings. The summed E-state index contributed by atoms with van der Waals surface area (Å²) in [4.78, 5) is 0. The van der Waals surface area contributed by atoms with E-state index in [2.05, 4.69) is 95.6 Å². The summed E-state index contributed by atoms with van der Waals surface area (Å²) in [6.07, 6.45) is 1.82. The lowest BCUT2D eigenvalue weighted by Crippen LogP contribution is -2.03. The first kappa shape index (κ1) is 21.2. The predicted molar refractivity (Wildman–Crippen MR) is 119 cm³/mol. The smallest absolute Gasteiger partial charge is 0.134 e. The van der Waals surface area contributed by atoms with Crippen LogP contribution in [0.15, 0.2) is 51.1 Å². The first-order valence-electron chi connectivity index (χ1n) is 6.94. The molecule has 0 unspecified atom stereocenters. The minimum atomic E-state index is 0.640. The molecule has 130 valence electrons. The Bertz CT molecular complexity index is 659. The van der Waals surface area contributed by atoms with E-state index >= 15 is 0 Å². The normalized spacial score (nSPS) is 10.8. The molecule has 0 heterocycles. The van der Waals surface area contributed by atoms with Crippen molar-refractivity contribution >= 4 is 95.6 Å². The molecule has 0 aliphatic heterocycles. The van der Waals surface area contributed by atoms with Gasteiger partial charge in [0.1, 0.15) is 11.5 Å². The Kier molecular flexibility index (Phi) is 9.11. The Hall–Kier alpha value is 0.920. The highest BCUT2D eigenvalue weighted by molar-refractivity contribution is 9.15. The molecule has 0 aliphatic rings. The largest absolute Gasteiger partial charge is 0.492 e. The van der Waals surface area contributed by atoms with Gasteiger partial charge in [0, 0.05) is 17.9 Å². The van der Waals surface area contributed by atoms with Crippen molar-refractivity contribution < 1.29 is 9.47 Å². The van der Waals surface area contributed by atoms with Gasteiger partial charge in [-0.3, -0.25) is 0 Å². The third-order valence-electron chi connectivity index (χ3n) is 3.05. The third kappa shape index (κ3) is 5.71. The fourth-order valence-electron chi connectivity index (χ4n) is 1.81. The van der Waals surface area contributed by atoms with E-state index in [1.165, 1.54) is 0 Å². The predicted octanol–water partition coefficient (Wildman–Crippen LogP) is 8.50. The van der Waals surface area contributed by atoms with E-state index in [4.69, 9.17) is 9.47 Å². The van der Waals surface area contributed by atoms with Gasteiger partial charge in [0.2, 0.25) is 0 Å². The second-order valence-electron chi connectivity index (χ2n) is 4.75. The van der Waals surface area contributed by atoms with Crippen molar-refractivity contribution in [2.75, 3.05) is 13.2 Å². The molecular formula is C16H12Br6O2. The second kappa shape index (κ2) is 10.3. The molecule has 0 aromatic heterocycles. The zero-order valence-electron chi connectivity index (χ0n) is 12.2. The van der Waals surface area contributed by atoms with Crippen molar-refractivity contribution in [3.8, 4) is 11.5 Å². The maximum absolute atomic E-state index is 5.81. The summed E-state index contributed by atoms with van der Waals surface area (Å²) in [6.45, 7) is 1.28. The molecule has 0 amide bonds. The molecule has 0 spiro atoms. The lowest BCUT2D eigenvalue weighted by atomic mass is 10.3. The monoisotopic (exact) mass is 710 g/mol. The van der Waals surface area contributed by atoms with Crippen LogP contribution in [-0.2, 0) is 0 Å². The standard InChI is InChI=1S/C16H12Br6O2/c17-9-3-5-11(15(21)13(9)19)23-7-1-2-8-24-12-6-4-10(18)14(20)16(12)22/h3-6H,1-2,7-8H2. The van der Waals surface area contributed by atoms with Crippen molar-refractivity contribution in [2.45, 2.75) is 12.8 Å². The summed E-state index contributed by atoms with van der Waals surface area (Å²) in [6, 6.07) is 7.78. The van der Waals surface area contributed by atoms with Gasteiger partial charge in [-0.05, 0) is 133 Å². The highest BCUT2D eigenvalue weighted by atomic mass is 79.9. The summed E-state index contributed by atoms with van der Waals surface area (Å²) in [5.74, 6) is 1.65. The molecule has 0 N–H and O–H groups in total. The van der Waals surface area contributed by atoms with Gasteiger partial charge in [-0.2, -0.15) is 0 Å². The lowest BCUT2D eigenvalue weighted by molar-refractivity contribution is 0.264. The average molecular weight is 716 g/mol. The topological polar surface area (TPSA) is 18.5 Å². The Balaban J connectivity index is 1.75. The van der Waals surface area contributed by atoms with Gasteiger partial charge in [-0.1, -0.05) is 0 Å².